The Morgan fingerprint density at radius 2 is 2.09 bits per heavy atom. The molecule has 0 radical (unpaired) electrons. The molecule has 2 aromatic rings. The summed E-state index contributed by atoms with van der Waals surface area (Å²) in [5, 5.41) is 4.10. The minimum absolute atomic E-state index is 0.0800. The van der Waals surface area contributed by atoms with Crippen LogP contribution in [0.2, 0.25) is 0 Å². The van der Waals surface area contributed by atoms with Crippen molar-refractivity contribution in [1.82, 2.24) is 15.2 Å². The van der Waals surface area contributed by atoms with Crippen molar-refractivity contribution in [3.63, 3.8) is 0 Å². The summed E-state index contributed by atoms with van der Waals surface area (Å²) in [6.45, 7) is 6.67. The lowest BCUT2D eigenvalue weighted by atomic mass is 10.2. The average molecular weight is 319 g/mol. The molecule has 4 nitrogen and oxygen atoms in total. The lowest BCUT2D eigenvalue weighted by molar-refractivity contribution is -0.123. The molecule has 0 fully saturated rings. The van der Waals surface area contributed by atoms with E-state index in [0.29, 0.717) is 6.54 Å². The summed E-state index contributed by atoms with van der Waals surface area (Å²) in [5.74, 6) is 0.0800. The first kappa shape index (κ1) is 16.9. The highest BCUT2D eigenvalue weighted by molar-refractivity contribution is 7.18. The topological polar surface area (TPSA) is 45.2 Å². The van der Waals surface area contributed by atoms with E-state index < -0.39 is 0 Å². The molecule has 2 atom stereocenters. The van der Waals surface area contributed by atoms with E-state index in [2.05, 4.69) is 37.1 Å². The van der Waals surface area contributed by atoms with Gasteiger partial charge in [0.15, 0.2) is 0 Å². The molecule has 1 aromatic heterocycles. The number of likely N-dealkylation sites (N-methyl/N-ethyl adjacent to an activating group) is 1. The Bertz CT molecular complexity index is 592. The van der Waals surface area contributed by atoms with E-state index in [0.717, 1.165) is 23.4 Å². The Morgan fingerprint density at radius 3 is 2.77 bits per heavy atom. The van der Waals surface area contributed by atoms with Crippen LogP contribution >= 0.6 is 11.3 Å². The van der Waals surface area contributed by atoms with E-state index in [-0.39, 0.29) is 18.0 Å². The Balaban J connectivity index is 1.96. The van der Waals surface area contributed by atoms with E-state index in [9.17, 15) is 4.79 Å². The van der Waals surface area contributed by atoms with E-state index >= 15 is 0 Å². The van der Waals surface area contributed by atoms with Crippen LogP contribution in [0.15, 0.2) is 24.3 Å². The van der Waals surface area contributed by atoms with Gasteiger partial charge in [-0.1, -0.05) is 25.5 Å². The average Bonchev–Trinajstić information content (AvgIpc) is 2.90. The van der Waals surface area contributed by atoms with Crippen LogP contribution in [-0.2, 0) is 4.79 Å². The van der Waals surface area contributed by atoms with Crippen LogP contribution in [-0.4, -0.2) is 35.4 Å². The molecule has 1 heterocycles. The third-order valence-corrected chi connectivity index (χ3v) is 5.06. The van der Waals surface area contributed by atoms with Crippen LogP contribution in [0, 0.1) is 0 Å². The quantitative estimate of drug-likeness (QED) is 0.848. The van der Waals surface area contributed by atoms with Crippen LogP contribution < -0.4 is 5.32 Å². The number of rotatable bonds is 7. The Hall–Kier alpha value is -1.46. The van der Waals surface area contributed by atoms with Gasteiger partial charge in [-0.25, -0.2) is 4.98 Å². The van der Waals surface area contributed by atoms with Gasteiger partial charge < -0.3 is 5.32 Å². The standard InChI is InChI=1S/C17H25N3OS/c1-5-8-12(2)18-16(21)11-20(4)13(3)17-19-14-9-6-7-10-15(14)22-17/h6-7,9-10,12-13H,5,8,11H2,1-4H3,(H,18,21)/t12-,13+/m1/s1. The van der Waals surface area contributed by atoms with Crippen LogP contribution in [0.4, 0.5) is 0 Å². The lowest BCUT2D eigenvalue weighted by Gasteiger charge is -2.23. The number of fused-ring (bicyclic) bond motifs is 1. The van der Waals surface area contributed by atoms with Crippen molar-refractivity contribution in [3.05, 3.63) is 29.3 Å². The van der Waals surface area contributed by atoms with Crippen LogP contribution in [0.5, 0.6) is 0 Å². The van der Waals surface area contributed by atoms with E-state index in [1.165, 1.54) is 4.70 Å². The van der Waals surface area contributed by atoms with Crippen molar-refractivity contribution in [1.29, 1.82) is 0 Å². The molecule has 0 saturated heterocycles. The van der Waals surface area contributed by atoms with Crippen LogP contribution in [0.1, 0.15) is 44.7 Å². The number of hydrogen-bond donors (Lipinski definition) is 1. The van der Waals surface area contributed by atoms with Crippen LogP contribution in [0.25, 0.3) is 10.2 Å². The Labute approximate surface area is 136 Å². The first-order valence-corrected chi connectivity index (χ1v) is 8.68. The molecular formula is C17H25N3OS. The van der Waals surface area contributed by atoms with E-state index in [1.807, 2.05) is 30.1 Å². The summed E-state index contributed by atoms with van der Waals surface area (Å²) in [7, 11) is 1.97. The molecule has 0 spiro atoms. The number of thiazole rings is 1. The third-order valence-electron chi connectivity index (χ3n) is 3.85. The van der Waals surface area contributed by atoms with Gasteiger partial charge in [-0.2, -0.15) is 0 Å². The van der Waals surface area contributed by atoms with Gasteiger partial charge in [-0.05, 0) is 39.4 Å². The fraction of sp³-hybridized carbons (Fsp3) is 0.529. The maximum absolute atomic E-state index is 12.1. The summed E-state index contributed by atoms with van der Waals surface area (Å²) in [6, 6.07) is 8.52. The van der Waals surface area contributed by atoms with Crippen molar-refractivity contribution >= 4 is 27.5 Å². The number of hydrogen-bond acceptors (Lipinski definition) is 4. The normalized spacial score (nSPS) is 14.2. The van der Waals surface area contributed by atoms with Crippen molar-refractivity contribution in [2.24, 2.45) is 0 Å². The second-order valence-corrected chi connectivity index (χ2v) is 6.93. The molecule has 0 aliphatic rings. The summed E-state index contributed by atoms with van der Waals surface area (Å²) < 4.78 is 1.19. The first-order valence-electron chi connectivity index (χ1n) is 7.86. The van der Waals surface area contributed by atoms with Gasteiger partial charge in [0, 0.05) is 6.04 Å². The summed E-state index contributed by atoms with van der Waals surface area (Å²) in [5.41, 5.74) is 1.03. The molecule has 1 N–H and O–H groups in total. The number of amides is 1. The predicted octanol–water partition coefficient (Wildman–Crippen LogP) is 3.59. The number of nitrogens with zero attached hydrogens (tertiary/aromatic N) is 2. The highest BCUT2D eigenvalue weighted by Crippen LogP contribution is 2.28. The van der Waals surface area contributed by atoms with Crippen LogP contribution in [0.3, 0.4) is 0 Å². The maximum Gasteiger partial charge on any atom is 0.234 e. The molecule has 120 valence electrons. The minimum Gasteiger partial charge on any atom is -0.353 e. The predicted molar refractivity (Wildman–Crippen MR) is 93.2 cm³/mol. The molecule has 2 rings (SSSR count). The second kappa shape index (κ2) is 7.70. The van der Waals surface area contributed by atoms with Gasteiger partial charge in [-0.15, -0.1) is 11.3 Å². The lowest BCUT2D eigenvalue weighted by Crippen LogP contribution is -2.40. The second-order valence-electron chi connectivity index (χ2n) is 5.87. The zero-order chi connectivity index (χ0) is 16.1. The Morgan fingerprint density at radius 1 is 1.36 bits per heavy atom. The largest absolute Gasteiger partial charge is 0.353 e. The molecule has 1 aromatic carbocycles. The van der Waals surface area contributed by atoms with Crippen molar-refractivity contribution in [2.45, 2.75) is 45.7 Å². The summed E-state index contributed by atoms with van der Waals surface area (Å²) >= 11 is 1.70. The number of nitrogens with one attached hydrogen (secondary N) is 1. The number of carbonyl (C=O) groups excluding carboxylic acids is 1. The van der Waals surface area contributed by atoms with Crippen molar-refractivity contribution < 1.29 is 4.79 Å². The number of benzene rings is 1. The number of para-hydroxylation sites is 1. The Kier molecular flexibility index (Phi) is 5.91. The highest BCUT2D eigenvalue weighted by Gasteiger charge is 2.19. The molecule has 22 heavy (non-hydrogen) atoms. The van der Waals surface area contributed by atoms with Gasteiger partial charge in [-0.3, -0.25) is 9.69 Å². The number of carbonyl (C=O) groups is 1. The van der Waals surface area contributed by atoms with Crippen molar-refractivity contribution in [2.75, 3.05) is 13.6 Å². The maximum atomic E-state index is 12.1. The SMILES string of the molecule is CCC[C@@H](C)NC(=O)CN(C)[C@@H](C)c1nc2ccccc2s1. The smallest absolute Gasteiger partial charge is 0.234 e. The van der Waals surface area contributed by atoms with Gasteiger partial charge >= 0.3 is 0 Å². The summed E-state index contributed by atoms with van der Waals surface area (Å²) in [4.78, 5) is 18.8. The van der Waals surface area contributed by atoms with Gasteiger partial charge in [0.05, 0.1) is 22.8 Å². The molecule has 0 bridgehead atoms. The van der Waals surface area contributed by atoms with Gasteiger partial charge in [0.1, 0.15) is 5.01 Å². The van der Waals surface area contributed by atoms with E-state index in [4.69, 9.17) is 0 Å². The fourth-order valence-corrected chi connectivity index (χ4v) is 3.53. The summed E-state index contributed by atoms with van der Waals surface area (Å²) in [6.07, 6.45) is 2.10. The molecule has 0 aliphatic heterocycles. The van der Waals surface area contributed by atoms with Gasteiger partial charge in [0.2, 0.25) is 5.91 Å². The molecule has 0 aliphatic carbocycles. The molecule has 1 amide bonds. The van der Waals surface area contributed by atoms with E-state index in [1.54, 1.807) is 11.3 Å². The molecule has 0 unspecified atom stereocenters. The first-order chi connectivity index (χ1) is 10.5. The fourth-order valence-electron chi connectivity index (χ4n) is 2.45. The highest BCUT2D eigenvalue weighted by atomic mass is 32.1. The zero-order valence-corrected chi connectivity index (χ0v) is 14.6. The monoisotopic (exact) mass is 319 g/mol. The zero-order valence-electron chi connectivity index (χ0n) is 13.8. The molecular weight excluding hydrogens is 294 g/mol. The molecule has 0 saturated carbocycles. The number of aromatic nitrogens is 1. The third kappa shape index (κ3) is 4.27. The van der Waals surface area contributed by atoms with Crippen molar-refractivity contribution in [3.8, 4) is 0 Å². The molecule has 5 heteroatoms. The van der Waals surface area contributed by atoms with Gasteiger partial charge in [0.25, 0.3) is 0 Å². The minimum atomic E-state index is 0.0800.